The Morgan fingerprint density at radius 2 is 1.34 bits per heavy atom. The number of hydrogen-bond donors (Lipinski definition) is 1. The van der Waals surface area contributed by atoms with E-state index in [0.717, 1.165) is 19.4 Å². The van der Waals surface area contributed by atoms with Gasteiger partial charge < -0.3 is 14.3 Å². The molecule has 0 aliphatic heterocycles. The van der Waals surface area contributed by atoms with E-state index in [2.05, 4.69) is 97.1 Å². The summed E-state index contributed by atoms with van der Waals surface area (Å²) in [6, 6.07) is 20.9. The molecular weight excluding hydrogens is 412 g/mol. The van der Waals surface area contributed by atoms with Crippen LogP contribution in [0.5, 0.6) is 0 Å². The van der Waals surface area contributed by atoms with Crippen LogP contribution >= 0.6 is 0 Å². The Hall–Kier alpha value is -1.46. The van der Waals surface area contributed by atoms with Gasteiger partial charge in [0, 0.05) is 6.61 Å². The van der Waals surface area contributed by atoms with Gasteiger partial charge in [0.2, 0.25) is 0 Å². The van der Waals surface area contributed by atoms with E-state index in [9.17, 15) is 0 Å². The second-order valence-electron chi connectivity index (χ2n) is 10.9. The predicted molar refractivity (Wildman–Crippen MR) is 140 cm³/mol. The molecule has 0 radical (unpaired) electrons. The second-order valence-corrected chi connectivity index (χ2v) is 15.7. The molecule has 0 heterocycles. The first-order valence-electron chi connectivity index (χ1n) is 11.8. The fourth-order valence-electron chi connectivity index (χ4n) is 2.94. The van der Waals surface area contributed by atoms with Gasteiger partial charge in [0.15, 0.2) is 8.32 Å². The van der Waals surface area contributed by atoms with Crippen molar-refractivity contribution in [1.82, 2.24) is 0 Å². The highest BCUT2D eigenvalue weighted by atomic mass is 28.4. The van der Waals surface area contributed by atoms with E-state index in [0.29, 0.717) is 12.0 Å². The maximum absolute atomic E-state index is 8.99. The number of aliphatic hydroxyl groups is 1. The number of ether oxygens (including phenoxy) is 1. The van der Waals surface area contributed by atoms with Crippen molar-refractivity contribution in [3.8, 4) is 0 Å². The second kappa shape index (κ2) is 13.3. The van der Waals surface area contributed by atoms with Crippen molar-refractivity contribution in [1.29, 1.82) is 0 Å². The molecule has 32 heavy (non-hydrogen) atoms. The molecule has 4 heteroatoms. The maximum atomic E-state index is 8.99. The van der Waals surface area contributed by atoms with Crippen LogP contribution in [0.1, 0.15) is 59.1 Å². The summed E-state index contributed by atoms with van der Waals surface area (Å²) in [5, 5.41) is 9.22. The van der Waals surface area contributed by atoms with Gasteiger partial charge in [-0.15, -0.1) is 0 Å². The Kier molecular flexibility index (Phi) is 11.9. The molecule has 1 unspecified atom stereocenters. The van der Waals surface area contributed by atoms with E-state index in [-0.39, 0.29) is 17.7 Å². The Bertz CT molecular complexity index is 731. The largest absolute Gasteiger partial charge is 0.417 e. The highest BCUT2D eigenvalue weighted by molar-refractivity contribution is 6.74. The van der Waals surface area contributed by atoms with Crippen LogP contribution in [0.2, 0.25) is 18.1 Å². The molecule has 0 fully saturated rings. The lowest BCUT2D eigenvalue weighted by Gasteiger charge is -2.36. The Morgan fingerprint density at radius 3 is 1.78 bits per heavy atom. The molecule has 1 atom stereocenters. The smallest absolute Gasteiger partial charge is 0.191 e. The molecule has 3 nitrogen and oxygen atoms in total. The molecule has 180 valence electrons. The van der Waals surface area contributed by atoms with Gasteiger partial charge in [-0.25, -0.2) is 0 Å². The summed E-state index contributed by atoms with van der Waals surface area (Å²) < 4.78 is 12.0. The van der Waals surface area contributed by atoms with Gasteiger partial charge in [-0.3, -0.25) is 0 Å². The van der Waals surface area contributed by atoms with E-state index >= 15 is 0 Å². The molecule has 1 N–H and O–H groups in total. The predicted octanol–water partition coefficient (Wildman–Crippen LogP) is 7.00. The maximum Gasteiger partial charge on any atom is 0.191 e. The highest BCUT2D eigenvalue weighted by Gasteiger charge is 2.37. The van der Waals surface area contributed by atoms with Crippen LogP contribution in [-0.2, 0) is 21.0 Å². The fourth-order valence-corrected chi connectivity index (χ4v) is 4.00. The molecule has 2 aromatic rings. The quantitative estimate of drug-likeness (QED) is 0.411. The van der Waals surface area contributed by atoms with Crippen LogP contribution < -0.4 is 0 Å². The number of aliphatic hydroxyl groups excluding tert-OH is 1. The van der Waals surface area contributed by atoms with Crippen LogP contribution in [0, 0.1) is 0 Å². The Balaban J connectivity index is 0.000000425. The van der Waals surface area contributed by atoms with Crippen molar-refractivity contribution >= 4 is 8.32 Å². The van der Waals surface area contributed by atoms with E-state index in [4.69, 9.17) is 14.3 Å². The summed E-state index contributed by atoms with van der Waals surface area (Å²) >= 11 is 0. The van der Waals surface area contributed by atoms with Crippen LogP contribution in [0.15, 0.2) is 60.7 Å². The third kappa shape index (κ3) is 10.9. The SMILES string of the molecule is CC(C)(C)[Si](C)(C)OCCC(Cc1ccccc1)OCCO.CC(C)(C)c1ccccc1. The van der Waals surface area contributed by atoms with Crippen molar-refractivity contribution in [2.45, 2.75) is 84.0 Å². The third-order valence-corrected chi connectivity index (χ3v) is 10.6. The minimum absolute atomic E-state index is 0.0639. The average Bonchev–Trinajstić information content (AvgIpc) is 2.72. The molecule has 2 aromatic carbocycles. The molecule has 2 rings (SSSR count). The van der Waals surface area contributed by atoms with Gasteiger partial charge in [-0.05, 0) is 47.5 Å². The first-order chi connectivity index (χ1) is 14.9. The van der Waals surface area contributed by atoms with Crippen LogP contribution in [0.4, 0.5) is 0 Å². The first kappa shape index (κ1) is 28.6. The summed E-state index contributed by atoms with van der Waals surface area (Å²) in [5.41, 5.74) is 2.95. The van der Waals surface area contributed by atoms with Gasteiger partial charge in [0.05, 0.1) is 19.3 Å². The van der Waals surface area contributed by atoms with Crippen molar-refractivity contribution in [3.05, 3.63) is 71.8 Å². The van der Waals surface area contributed by atoms with Crippen molar-refractivity contribution in [2.24, 2.45) is 0 Å². The molecule has 0 aliphatic rings. The minimum atomic E-state index is -1.70. The summed E-state index contributed by atoms with van der Waals surface area (Å²) in [7, 11) is -1.70. The highest BCUT2D eigenvalue weighted by Crippen LogP contribution is 2.36. The van der Waals surface area contributed by atoms with Gasteiger partial charge in [-0.2, -0.15) is 0 Å². The number of rotatable bonds is 9. The summed E-state index contributed by atoms with van der Waals surface area (Å²) in [6.45, 7) is 19.1. The molecule has 0 amide bonds. The van der Waals surface area contributed by atoms with Crippen LogP contribution in [0.3, 0.4) is 0 Å². The molecule has 0 saturated carbocycles. The Labute approximate surface area is 198 Å². The van der Waals surface area contributed by atoms with E-state index in [1.54, 1.807) is 0 Å². The fraction of sp³-hybridized carbons (Fsp3) is 0.571. The first-order valence-corrected chi connectivity index (χ1v) is 14.7. The molecule has 0 aliphatic carbocycles. The topological polar surface area (TPSA) is 38.7 Å². The monoisotopic (exact) mass is 458 g/mol. The van der Waals surface area contributed by atoms with Gasteiger partial charge >= 0.3 is 0 Å². The average molecular weight is 459 g/mol. The molecule has 0 saturated heterocycles. The minimum Gasteiger partial charge on any atom is -0.417 e. The van der Waals surface area contributed by atoms with E-state index < -0.39 is 8.32 Å². The van der Waals surface area contributed by atoms with Gasteiger partial charge in [0.1, 0.15) is 0 Å². The van der Waals surface area contributed by atoms with Crippen molar-refractivity contribution < 1.29 is 14.3 Å². The van der Waals surface area contributed by atoms with E-state index in [1.807, 2.05) is 18.2 Å². The molecule has 0 aromatic heterocycles. The zero-order chi connectivity index (χ0) is 24.3. The zero-order valence-corrected chi connectivity index (χ0v) is 22.7. The van der Waals surface area contributed by atoms with Gasteiger partial charge in [-0.1, -0.05) is 102 Å². The van der Waals surface area contributed by atoms with Gasteiger partial charge in [0.25, 0.3) is 0 Å². The van der Waals surface area contributed by atoms with E-state index in [1.165, 1.54) is 11.1 Å². The lowest BCUT2D eigenvalue weighted by atomic mass is 9.87. The number of hydrogen-bond acceptors (Lipinski definition) is 3. The summed E-state index contributed by atoms with van der Waals surface area (Å²) in [6.07, 6.45) is 1.82. The Morgan fingerprint density at radius 1 is 0.812 bits per heavy atom. The summed E-state index contributed by atoms with van der Waals surface area (Å²) in [4.78, 5) is 0. The number of benzene rings is 2. The standard InChI is InChI=1S/C18H32O3Si.C10H14/c1-18(2,3)22(4,5)21-13-11-17(20-14-12-19)15-16-9-7-6-8-10-16;1-10(2,3)9-7-5-4-6-8-9/h6-10,17,19H,11-15H2,1-5H3;4-8H,1-3H3. The zero-order valence-electron chi connectivity index (χ0n) is 21.7. The third-order valence-electron chi connectivity index (χ3n) is 6.10. The molecule has 0 spiro atoms. The molecular formula is C28H46O3Si. The lowest BCUT2D eigenvalue weighted by molar-refractivity contribution is 0.0165. The van der Waals surface area contributed by atoms with Crippen molar-refractivity contribution in [2.75, 3.05) is 19.8 Å². The van der Waals surface area contributed by atoms with Crippen LogP contribution in [0.25, 0.3) is 0 Å². The molecule has 0 bridgehead atoms. The normalized spacial score (nSPS) is 13.3. The van der Waals surface area contributed by atoms with Crippen LogP contribution in [-0.4, -0.2) is 39.3 Å². The van der Waals surface area contributed by atoms with Crippen molar-refractivity contribution in [3.63, 3.8) is 0 Å². The summed E-state index contributed by atoms with van der Waals surface area (Å²) in [5.74, 6) is 0. The lowest BCUT2D eigenvalue weighted by Crippen LogP contribution is -2.41.